The SMILES string of the molecule is CCC(C)N(CCOC)c1ccc([C@@H](O)CC)cc1. The smallest absolute Gasteiger partial charge is 0.0787 e. The van der Waals surface area contributed by atoms with E-state index in [1.54, 1.807) is 7.11 Å². The number of aliphatic hydroxyl groups excluding tert-OH is 1. The Morgan fingerprint density at radius 2 is 1.79 bits per heavy atom. The van der Waals surface area contributed by atoms with Crippen LogP contribution < -0.4 is 4.90 Å². The maximum atomic E-state index is 9.82. The van der Waals surface area contributed by atoms with Gasteiger partial charge in [-0.1, -0.05) is 26.0 Å². The van der Waals surface area contributed by atoms with Crippen molar-refractivity contribution >= 4 is 5.69 Å². The molecule has 1 aromatic rings. The lowest BCUT2D eigenvalue weighted by Crippen LogP contribution is -2.35. The molecule has 1 unspecified atom stereocenters. The first kappa shape index (κ1) is 16.0. The lowest BCUT2D eigenvalue weighted by molar-refractivity contribution is 0.173. The van der Waals surface area contributed by atoms with Crippen LogP contribution in [0.4, 0.5) is 5.69 Å². The standard InChI is InChI=1S/C16H27NO2/c1-5-13(3)17(11-12-19-4)15-9-7-14(8-10-15)16(18)6-2/h7-10,13,16,18H,5-6,11-12H2,1-4H3/t13?,16-/m0/s1. The van der Waals surface area contributed by atoms with Gasteiger partial charge in [0.15, 0.2) is 0 Å². The number of rotatable bonds is 8. The van der Waals surface area contributed by atoms with Gasteiger partial charge in [-0.3, -0.25) is 0 Å². The molecular formula is C16H27NO2. The average Bonchev–Trinajstić information content (AvgIpc) is 2.47. The Labute approximate surface area is 117 Å². The second-order valence-electron chi connectivity index (χ2n) is 4.96. The monoisotopic (exact) mass is 265 g/mol. The van der Waals surface area contributed by atoms with Gasteiger partial charge in [0, 0.05) is 25.4 Å². The summed E-state index contributed by atoms with van der Waals surface area (Å²) < 4.78 is 5.19. The summed E-state index contributed by atoms with van der Waals surface area (Å²) in [5, 5.41) is 9.82. The van der Waals surface area contributed by atoms with Crippen molar-refractivity contribution in [1.29, 1.82) is 0 Å². The molecule has 0 heterocycles. The summed E-state index contributed by atoms with van der Waals surface area (Å²) in [6.45, 7) is 8.03. The summed E-state index contributed by atoms with van der Waals surface area (Å²) >= 11 is 0. The van der Waals surface area contributed by atoms with Crippen molar-refractivity contribution in [3.8, 4) is 0 Å². The van der Waals surface area contributed by atoms with Gasteiger partial charge in [-0.2, -0.15) is 0 Å². The minimum Gasteiger partial charge on any atom is -0.388 e. The fourth-order valence-electron chi connectivity index (χ4n) is 2.14. The predicted molar refractivity (Wildman–Crippen MR) is 80.7 cm³/mol. The highest BCUT2D eigenvalue weighted by molar-refractivity contribution is 5.48. The van der Waals surface area contributed by atoms with Crippen molar-refractivity contribution in [2.24, 2.45) is 0 Å². The minimum absolute atomic E-state index is 0.356. The van der Waals surface area contributed by atoms with E-state index in [0.717, 1.165) is 31.6 Å². The van der Waals surface area contributed by atoms with Crippen LogP contribution in [-0.2, 0) is 4.74 Å². The van der Waals surface area contributed by atoms with Gasteiger partial charge in [-0.15, -0.1) is 0 Å². The van der Waals surface area contributed by atoms with Crippen molar-refractivity contribution in [2.45, 2.75) is 45.8 Å². The molecule has 0 amide bonds. The average molecular weight is 265 g/mol. The Morgan fingerprint density at radius 1 is 1.16 bits per heavy atom. The molecule has 0 aromatic heterocycles. The van der Waals surface area contributed by atoms with E-state index in [-0.39, 0.29) is 6.10 Å². The maximum Gasteiger partial charge on any atom is 0.0787 e. The molecule has 1 aromatic carbocycles. The molecule has 108 valence electrons. The first-order valence-corrected chi connectivity index (χ1v) is 7.17. The molecule has 0 radical (unpaired) electrons. The van der Waals surface area contributed by atoms with Crippen molar-refractivity contribution in [2.75, 3.05) is 25.2 Å². The molecule has 0 spiro atoms. The molecular weight excluding hydrogens is 238 g/mol. The van der Waals surface area contributed by atoms with Crippen LogP contribution in [0, 0.1) is 0 Å². The first-order chi connectivity index (χ1) is 9.13. The molecule has 1 rings (SSSR count). The third-order valence-corrected chi connectivity index (χ3v) is 3.66. The third-order valence-electron chi connectivity index (χ3n) is 3.66. The van der Waals surface area contributed by atoms with Gasteiger partial charge in [-0.25, -0.2) is 0 Å². The van der Waals surface area contributed by atoms with Gasteiger partial charge < -0.3 is 14.7 Å². The molecule has 1 N–H and O–H groups in total. The van der Waals surface area contributed by atoms with Crippen LogP contribution in [0.1, 0.15) is 45.3 Å². The summed E-state index contributed by atoms with van der Waals surface area (Å²) in [5.74, 6) is 0. The second-order valence-corrected chi connectivity index (χ2v) is 4.96. The molecule has 3 heteroatoms. The number of methoxy groups -OCH3 is 1. The Morgan fingerprint density at radius 3 is 2.26 bits per heavy atom. The van der Waals surface area contributed by atoms with E-state index in [4.69, 9.17) is 4.74 Å². The molecule has 19 heavy (non-hydrogen) atoms. The van der Waals surface area contributed by atoms with Gasteiger partial charge in [-0.05, 0) is 37.5 Å². The van der Waals surface area contributed by atoms with Gasteiger partial charge in [0.2, 0.25) is 0 Å². The lowest BCUT2D eigenvalue weighted by Gasteiger charge is -2.31. The molecule has 2 atom stereocenters. The van der Waals surface area contributed by atoms with E-state index in [9.17, 15) is 5.11 Å². The maximum absolute atomic E-state index is 9.82. The highest BCUT2D eigenvalue weighted by atomic mass is 16.5. The van der Waals surface area contributed by atoms with E-state index < -0.39 is 0 Å². The third kappa shape index (κ3) is 4.51. The number of benzene rings is 1. The molecule has 0 aliphatic heterocycles. The van der Waals surface area contributed by atoms with Crippen molar-refractivity contribution < 1.29 is 9.84 Å². The Hall–Kier alpha value is -1.06. The normalized spacial score (nSPS) is 14.2. The zero-order valence-electron chi connectivity index (χ0n) is 12.6. The first-order valence-electron chi connectivity index (χ1n) is 7.17. The number of hydrogen-bond acceptors (Lipinski definition) is 3. The van der Waals surface area contributed by atoms with Crippen LogP contribution in [0.5, 0.6) is 0 Å². The molecule has 0 aliphatic rings. The number of anilines is 1. The number of ether oxygens (including phenoxy) is 1. The van der Waals surface area contributed by atoms with Gasteiger partial charge >= 0.3 is 0 Å². The van der Waals surface area contributed by atoms with Crippen LogP contribution >= 0.6 is 0 Å². The molecule has 0 bridgehead atoms. The highest BCUT2D eigenvalue weighted by Gasteiger charge is 2.13. The largest absolute Gasteiger partial charge is 0.388 e. The van der Waals surface area contributed by atoms with Gasteiger partial charge in [0.25, 0.3) is 0 Å². The zero-order valence-corrected chi connectivity index (χ0v) is 12.6. The quantitative estimate of drug-likeness (QED) is 0.782. The lowest BCUT2D eigenvalue weighted by atomic mass is 10.1. The van der Waals surface area contributed by atoms with Crippen LogP contribution in [0.25, 0.3) is 0 Å². The van der Waals surface area contributed by atoms with E-state index in [2.05, 4.69) is 30.9 Å². The zero-order chi connectivity index (χ0) is 14.3. The predicted octanol–water partition coefficient (Wildman–Crippen LogP) is 3.38. The molecule has 0 fully saturated rings. The fraction of sp³-hybridized carbons (Fsp3) is 0.625. The van der Waals surface area contributed by atoms with Crippen molar-refractivity contribution in [3.63, 3.8) is 0 Å². The molecule has 0 aliphatic carbocycles. The number of hydrogen-bond donors (Lipinski definition) is 1. The summed E-state index contributed by atoms with van der Waals surface area (Å²) in [6, 6.07) is 8.71. The fourth-order valence-corrected chi connectivity index (χ4v) is 2.14. The van der Waals surface area contributed by atoms with E-state index >= 15 is 0 Å². The van der Waals surface area contributed by atoms with E-state index in [1.807, 2.05) is 19.1 Å². The summed E-state index contributed by atoms with van der Waals surface area (Å²) in [7, 11) is 1.73. The van der Waals surface area contributed by atoms with Gasteiger partial charge in [0.1, 0.15) is 0 Å². The summed E-state index contributed by atoms with van der Waals surface area (Å²) in [6.07, 6.45) is 1.49. The molecule has 0 saturated heterocycles. The van der Waals surface area contributed by atoms with Crippen LogP contribution in [0.3, 0.4) is 0 Å². The van der Waals surface area contributed by atoms with Crippen LogP contribution in [-0.4, -0.2) is 31.4 Å². The second kappa shape index (κ2) is 8.18. The number of nitrogens with zero attached hydrogens (tertiary/aromatic N) is 1. The van der Waals surface area contributed by atoms with Gasteiger partial charge in [0.05, 0.1) is 12.7 Å². The number of aliphatic hydroxyl groups is 1. The highest BCUT2D eigenvalue weighted by Crippen LogP contribution is 2.23. The molecule has 0 saturated carbocycles. The van der Waals surface area contributed by atoms with Crippen molar-refractivity contribution in [3.05, 3.63) is 29.8 Å². The minimum atomic E-state index is -0.356. The summed E-state index contributed by atoms with van der Waals surface area (Å²) in [4.78, 5) is 2.35. The summed E-state index contributed by atoms with van der Waals surface area (Å²) in [5.41, 5.74) is 2.18. The van der Waals surface area contributed by atoms with Crippen LogP contribution in [0.15, 0.2) is 24.3 Å². The topological polar surface area (TPSA) is 32.7 Å². The Balaban J connectivity index is 2.84. The van der Waals surface area contributed by atoms with Crippen molar-refractivity contribution in [1.82, 2.24) is 0 Å². The van der Waals surface area contributed by atoms with E-state index in [0.29, 0.717) is 6.04 Å². The van der Waals surface area contributed by atoms with E-state index in [1.165, 1.54) is 5.69 Å². The molecule has 3 nitrogen and oxygen atoms in total. The Kier molecular flexibility index (Phi) is 6.89. The Bertz CT molecular complexity index is 350. The van der Waals surface area contributed by atoms with Crippen LogP contribution in [0.2, 0.25) is 0 Å².